The minimum atomic E-state index is 0.0679. The Labute approximate surface area is 239 Å². The number of nitrogens with zero attached hydrogens (tertiary/aromatic N) is 2. The molecule has 0 bridgehead atoms. The molecule has 0 radical (unpaired) electrons. The molecular formula is C34H45N3O3. The summed E-state index contributed by atoms with van der Waals surface area (Å²) in [7, 11) is 1.97. The zero-order valence-electron chi connectivity index (χ0n) is 24.5. The molecule has 0 saturated heterocycles. The van der Waals surface area contributed by atoms with Gasteiger partial charge < -0.3 is 19.7 Å². The molecular weight excluding hydrogens is 498 g/mol. The molecule has 214 valence electrons. The van der Waals surface area contributed by atoms with Gasteiger partial charge in [-0.1, -0.05) is 70.9 Å². The van der Waals surface area contributed by atoms with Crippen molar-refractivity contribution in [1.29, 1.82) is 0 Å². The number of benzene rings is 2. The molecule has 0 spiro atoms. The van der Waals surface area contributed by atoms with Crippen molar-refractivity contribution >= 4 is 22.6 Å². The van der Waals surface area contributed by atoms with E-state index in [1.54, 1.807) is 0 Å². The number of ether oxygens (including phenoxy) is 2. The predicted molar refractivity (Wildman–Crippen MR) is 163 cm³/mol. The molecule has 5 rings (SSSR count). The van der Waals surface area contributed by atoms with E-state index in [1.807, 2.05) is 42.3 Å². The van der Waals surface area contributed by atoms with Gasteiger partial charge in [0.2, 0.25) is 6.79 Å². The quantitative estimate of drug-likeness (QED) is 0.232. The second-order valence-electron chi connectivity index (χ2n) is 11.6. The van der Waals surface area contributed by atoms with E-state index in [1.165, 1.54) is 51.4 Å². The molecule has 1 amide bonds. The topological polar surface area (TPSA) is 63.7 Å². The Morgan fingerprint density at radius 2 is 1.75 bits per heavy atom. The standard InChI is InChI=1S/C34H45N3O3/c1-4-6-7-11-14-27(5-2)37(3)34(38)29-21-33(35-22-24-12-9-8-10-13-24)36-30-17-15-25(19-28(29)30)26-16-18-31-32(20-26)40-23-39-31/h15-21,24,27H,4-14,22-23H2,1-3H3,(H,35,36). The van der Waals surface area contributed by atoms with Gasteiger partial charge in [-0.15, -0.1) is 0 Å². The molecule has 2 aromatic carbocycles. The van der Waals surface area contributed by atoms with E-state index in [0.29, 0.717) is 11.5 Å². The van der Waals surface area contributed by atoms with E-state index in [2.05, 4.69) is 31.3 Å². The normalized spacial score (nSPS) is 15.8. The summed E-state index contributed by atoms with van der Waals surface area (Å²) >= 11 is 0. The maximum absolute atomic E-state index is 14.1. The molecule has 1 aliphatic carbocycles. The second kappa shape index (κ2) is 13.4. The van der Waals surface area contributed by atoms with Crippen molar-refractivity contribution in [2.45, 2.75) is 90.5 Å². The van der Waals surface area contributed by atoms with Crippen LogP contribution in [0.4, 0.5) is 5.82 Å². The fraction of sp³-hybridized carbons (Fsp3) is 0.529. The molecule has 1 unspecified atom stereocenters. The van der Waals surface area contributed by atoms with Crippen LogP contribution in [0.25, 0.3) is 22.0 Å². The van der Waals surface area contributed by atoms with Crippen LogP contribution in [0.1, 0.15) is 94.8 Å². The van der Waals surface area contributed by atoms with Crippen LogP contribution in [-0.4, -0.2) is 42.2 Å². The van der Waals surface area contributed by atoms with Crippen LogP contribution in [0.2, 0.25) is 0 Å². The van der Waals surface area contributed by atoms with Gasteiger partial charge in [0.1, 0.15) is 5.82 Å². The number of carbonyl (C=O) groups is 1. The number of unbranched alkanes of at least 4 members (excludes halogenated alkanes) is 3. The fourth-order valence-electron chi connectivity index (χ4n) is 6.22. The van der Waals surface area contributed by atoms with E-state index in [0.717, 1.165) is 65.2 Å². The molecule has 1 aromatic heterocycles. The number of fused-ring (bicyclic) bond motifs is 2. The third-order valence-corrected chi connectivity index (χ3v) is 8.77. The summed E-state index contributed by atoms with van der Waals surface area (Å²) < 4.78 is 11.1. The average molecular weight is 544 g/mol. The van der Waals surface area contributed by atoms with E-state index in [-0.39, 0.29) is 18.7 Å². The van der Waals surface area contributed by atoms with E-state index >= 15 is 0 Å². The summed E-state index contributed by atoms with van der Waals surface area (Å²) in [5, 5.41) is 4.48. The molecule has 2 aliphatic rings. The second-order valence-corrected chi connectivity index (χ2v) is 11.6. The Bertz CT molecular complexity index is 1300. The van der Waals surface area contributed by atoms with Gasteiger partial charge in [0.25, 0.3) is 5.91 Å². The lowest BCUT2D eigenvalue weighted by Crippen LogP contribution is -2.37. The van der Waals surface area contributed by atoms with E-state index < -0.39 is 0 Å². The van der Waals surface area contributed by atoms with Crippen molar-refractivity contribution in [3.05, 3.63) is 48.0 Å². The number of aromatic nitrogens is 1. The number of hydrogen-bond acceptors (Lipinski definition) is 5. The lowest BCUT2D eigenvalue weighted by molar-refractivity contribution is 0.0719. The minimum absolute atomic E-state index is 0.0679. The number of rotatable bonds is 12. The summed E-state index contributed by atoms with van der Waals surface area (Å²) in [6.45, 7) is 5.58. The molecule has 1 aliphatic heterocycles. The summed E-state index contributed by atoms with van der Waals surface area (Å²) in [4.78, 5) is 21.1. The van der Waals surface area contributed by atoms with Crippen molar-refractivity contribution in [1.82, 2.24) is 9.88 Å². The first-order chi connectivity index (χ1) is 19.6. The van der Waals surface area contributed by atoms with Crippen molar-refractivity contribution < 1.29 is 14.3 Å². The molecule has 2 heterocycles. The molecule has 6 heteroatoms. The zero-order chi connectivity index (χ0) is 27.9. The molecule has 1 saturated carbocycles. The van der Waals surface area contributed by atoms with Crippen LogP contribution >= 0.6 is 0 Å². The smallest absolute Gasteiger partial charge is 0.254 e. The highest BCUT2D eigenvalue weighted by atomic mass is 16.7. The number of pyridine rings is 1. The van der Waals surface area contributed by atoms with Gasteiger partial charge in [-0.3, -0.25) is 4.79 Å². The third kappa shape index (κ3) is 6.54. The number of amides is 1. The van der Waals surface area contributed by atoms with Gasteiger partial charge in [0.15, 0.2) is 11.5 Å². The first-order valence-electron chi connectivity index (χ1n) is 15.4. The molecule has 6 nitrogen and oxygen atoms in total. The van der Waals surface area contributed by atoms with Gasteiger partial charge >= 0.3 is 0 Å². The van der Waals surface area contributed by atoms with E-state index in [9.17, 15) is 4.79 Å². The fourth-order valence-corrected chi connectivity index (χ4v) is 6.22. The average Bonchev–Trinajstić information content (AvgIpc) is 3.47. The van der Waals surface area contributed by atoms with Crippen molar-refractivity contribution in [3.8, 4) is 22.6 Å². The van der Waals surface area contributed by atoms with Crippen LogP contribution in [-0.2, 0) is 0 Å². The summed E-state index contributed by atoms with van der Waals surface area (Å²) in [6.07, 6.45) is 13.3. The summed E-state index contributed by atoms with van der Waals surface area (Å²) in [5.41, 5.74) is 3.61. The molecule has 40 heavy (non-hydrogen) atoms. The lowest BCUT2D eigenvalue weighted by Gasteiger charge is -2.28. The Balaban J connectivity index is 1.46. The first kappa shape index (κ1) is 28.3. The zero-order valence-corrected chi connectivity index (χ0v) is 24.5. The van der Waals surface area contributed by atoms with Crippen molar-refractivity contribution in [2.24, 2.45) is 5.92 Å². The number of hydrogen-bond donors (Lipinski definition) is 1. The van der Waals surface area contributed by atoms with Gasteiger partial charge in [-0.25, -0.2) is 4.98 Å². The van der Waals surface area contributed by atoms with Crippen LogP contribution in [0.15, 0.2) is 42.5 Å². The van der Waals surface area contributed by atoms with Gasteiger partial charge in [-0.05, 0) is 73.1 Å². The maximum Gasteiger partial charge on any atom is 0.254 e. The Hall–Kier alpha value is -3.28. The summed E-state index contributed by atoms with van der Waals surface area (Å²) in [5.74, 6) is 3.05. The highest BCUT2D eigenvalue weighted by Crippen LogP contribution is 2.37. The molecule has 1 atom stereocenters. The Morgan fingerprint density at radius 3 is 2.55 bits per heavy atom. The number of nitrogens with one attached hydrogen (secondary N) is 1. The highest BCUT2D eigenvalue weighted by Gasteiger charge is 2.23. The largest absolute Gasteiger partial charge is 0.454 e. The predicted octanol–water partition coefficient (Wildman–Crippen LogP) is 8.44. The number of carbonyl (C=O) groups excluding carboxylic acids is 1. The lowest BCUT2D eigenvalue weighted by atomic mass is 9.89. The monoisotopic (exact) mass is 543 g/mol. The minimum Gasteiger partial charge on any atom is -0.454 e. The molecule has 1 fully saturated rings. The maximum atomic E-state index is 14.1. The Kier molecular flexibility index (Phi) is 9.45. The van der Waals surface area contributed by atoms with Gasteiger partial charge in [0.05, 0.1) is 11.1 Å². The first-order valence-corrected chi connectivity index (χ1v) is 15.4. The molecule has 1 N–H and O–H groups in total. The number of anilines is 1. The third-order valence-electron chi connectivity index (χ3n) is 8.77. The highest BCUT2D eigenvalue weighted by molar-refractivity contribution is 6.08. The SMILES string of the molecule is CCCCCCC(CC)N(C)C(=O)c1cc(NCC2CCCCC2)nc2ccc(-c3ccc4c(c3)OCO4)cc12. The summed E-state index contributed by atoms with van der Waals surface area (Å²) in [6, 6.07) is 14.4. The van der Waals surface area contributed by atoms with Gasteiger partial charge in [-0.2, -0.15) is 0 Å². The van der Waals surface area contributed by atoms with Crippen LogP contribution in [0, 0.1) is 5.92 Å². The van der Waals surface area contributed by atoms with Crippen molar-refractivity contribution in [3.63, 3.8) is 0 Å². The van der Waals surface area contributed by atoms with Gasteiger partial charge in [0, 0.05) is 25.0 Å². The van der Waals surface area contributed by atoms with Crippen LogP contribution in [0.5, 0.6) is 11.5 Å². The van der Waals surface area contributed by atoms with Crippen LogP contribution in [0.3, 0.4) is 0 Å². The van der Waals surface area contributed by atoms with Crippen molar-refractivity contribution in [2.75, 3.05) is 25.7 Å². The van der Waals surface area contributed by atoms with Crippen LogP contribution < -0.4 is 14.8 Å². The Morgan fingerprint density at radius 1 is 0.975 bits per heavy atom. The van der Waals surface area contributed by atoms with E-state index in [4.69, 9.17) is 14.5 Å². The molecule has 3 aromatic rings.